The molecule has 0 aliphatic rings. The van der Waals surface area contributed by atoms with E-state index >= 15 is 0 Å². The van der Waals surface area contributed by atoms with Crippen molar-refractivity contribution in [1.82, 2.24) is 5.43 Å². The van der Waals surface area contributed by atoms with Gasteiger partial charge in [-0.05, 0) is 67.9 Å². The lowest BCUT2D eigenvalue weighted by Gasteiger charge is -2.05. The first-order valence-corrected chi connectivity index (χ1v) is 6.97. The van der Waals surface area contributed by atoms with Gasteiger partial charge in [-0.15, -0.1) is 0 Å². The van der Waals surface area contributed by atoms with Crippen LogP contribution in [-0.4, -0.2) is 23.3 Å². The van der Waals surface area contributed by atoms with Crippen molar-refractivity contribution in [3.05, 3.63) is 59.7 Å². The van der Waals surface area contributed by atoms with E-state index in [1.807, 2.05) is 6.92 Å². The third-order valence-corrected chi connectivity index (χ3v) is 3.04. The number of amides is 1. The number of hydrogen-bond acceptors (Lipinski definition) is 4. The molecule has 0 heterocycles. The second-order valence-electron chi connectivity index (χ2n) is 4.64. The number of benzene rings is 2. The Morgan fingerprint density at radius 1 is 1.09 bits per heavy atom. The number of carbonyl (C=O) groups is 1. The third kappa shape index (κ3) is 4.09. The molecule has 0 bridgehead atoms. The molecule has 1 amide bonds. The molecule has 114 valence electrons. The SMILES string of the molecule is CCOc1ccc(C(=O)N/N=C(\C)c2ccc(O)cc2)cc1. The number of phenols is 1. The average molecular weight is 298 g/mol. The van der Waals surface area contributed by atoms with Gasteiger partial charge in [-0.1, -0.05) is 0 Å². The number of hydrogen-bond donors (Lipinski definition) is 2. The Hall–Kier alpha value is -2.82. The second-order valence-corrected chi connectivity index (χ2v) is 4.64. The number of hydrazone groups is 1. The summed E-state index contributed by atoms with van der Waals surface area (Å²) in [5, 5.41) is 13.3. The lowest BCUT2D eigenvalue weighted by molar-refractivity contribution is 0.0955. The van der Waals surface area contributed by atoms with E-state index in [9.17, 15) is 9.90 Å². The Kier molecular flexibility index (Phi) is 5.14. The van der Waals surface area contributed by atoms with E-state index in [0.717, 1.165) is 11.3 Å². The maximum atomic E-state index is 12.0. The van der Waals surface area contributed by atoms with Crippen LogP contribution in [0.2, 0.25) is 0 Å². The Bertz CT molecular complexity index is 661. The number of ether oxygens (including phenoxy) is 1. The molecule has 5 nitrogen and oxygen atoms in total. The van der Waals surface area contributed by atoms with Gasteiger partial charge in [0, 0.05) is 5.56 Å². The van der Waals surface area contributed by atoms with Crippen LogP contribution in [0.15, 0.2) is 53.6 Å². The summed E-state index contributed by atoms with van der Waals surface area (Å²) >= 11 is 0. The van der Waals surface area contributed by atoms with Crippen LogP contribution in [0.25, 0.3) is 0 Å². The van der Waals surface area contributed by atoms with Crippen molar-refractivity contribution in [2.45, 2.75) is 13.8 Å². The first kappa shape index (κ1) is 15.6. The van der Waals surface area contributed by atoms with E-state index in [1.165, 1.54) is 0 Å². The van der Waals surface area contributed by atoms with Crippen molar-refractivity contribution in [3.63, 3.8) is 0 Å². The molecule has 22 heavy (non-hydrogen) atoms. The minimum Gasteiger partial charge on any atom is -0.508 e. The smallest absolute Gasteiger partial charge is 0.271 e. The van der Waals surface area contributed by atoms with Gasteiger partial charge in [0.25, 0.3) is 5.91 Å². The summed E-state index contributed by atoms with van der Waals surface area (Å²) < 4.78 is 5.33. The summed E-state index contributed by atoms with van der Waals surface area (Å²) in [6.45, 7) is 4.27. The van der Waals surface area contributed by atoms with E-state index in [0.29, 0.717) is 17.9 Å². The van der Waals surface area contributed by atoms with Crippen LogP contribution in [0.5, 0.6) is 11.5 Å². The molecule has 0 aromatic heterocycles. The Morgan fingerprint density at radius 2 is 1.68 bits per heavy atom. The van der Waals surface area contributed by atoms with Gasteiger partial charge >= 0.3 is 0 Å². The maximum Gasteiger partial charge on any atom is 0.271 e. The van der Waals surface area contributed by atoms with Gasteiger partial charge in [-0.25, -0.2) is 5.43 Å². The minimum absolute atomic E-state index is 0.190. The Balaban J connectivity index is 2.01. The highest BCUT2D eigenvalue weighted by molar-refractivity contribution is 6.00. The van der Waals surface area contributed by atoms with Crippen LogP contribution < -0.4 is 10.2 Å². The summed E-state index contributed by atoms with van der Waals surface area (Å²) in [7, 11) is 0. The van der Waals surface area contributed by atoms with Gasteiger partial charge in [-0.3, -0.25) is 4.79 Å². The molecule has 0 saturated carbocycles. The molecule has 2 N–H and O–H groups in total. The lowest BCUT2D eigenvalue weighted by atomic mass is 10.1. The van der Waals surface area contributed by atoms with Gasteiger partial charge in [-0.2, -0.15) is 5.10 Å². The number of nitrogens with zero attached hydrogens (tertiary/aromatic N) is 1. The third-order valence-electron chi connectivity index (χ3n) is 3.04. The van der Waals surface area contributed by atoms with Gasteiger partial charge in [0.2, 0.25) is 0 Å². The summed E-state index contributed by atoms with van der Waals surface area (Å²) in [5.74, 6) is 0.624. The zero-order valence-electron chi connectivity index (χ0n) is 12.5. The predicted molar refractivity (Wildman–Crippen MR) is 85.4 cm³/mol. The van der Waals surface area contributed by atoms with Crippen molar-refractivity contribution in [2.75, 3.05) is 6.61 Å². The molecular formula is C17H18N2O3. The van der Waals surface area contributed by atoms with Crippen molar-refractivity contribution in [1.29, 1.82) is 0 Å². The largest absolute Gasteiger partial charge is 0.508 e. The van der Waals surface area contributed by atoms with Crippen LogP contribution in [-0.2, 0) is 0 Å². The zero-order chi connectivity index (χ0) is 15.9. The molecule has 2 rings (SSSR count). The van der Waals surface area contributed by atoms with E-state index in [4.69, 9.17) is 4.74 Å². The molecule has 2 aromatic carbocycles. The first-order valence-electron chi connectivity index (χ1n) is 6.97. The van der Waals surface area contributed by atoms with Crippen molar-refractivity contribution < 1.29 is 14.6 Å². The molecule has 0 unspecified atom stereocenters. The molecule has 0 saturated heterocycles. The second kappa shape index (κ2) is 7.26. The number of carbonyl (C=O) groups excluding carboxylic acids is 1. The monoisotopic (exact) mass is 298 g/mol. The van der Waals surface area contributed by atoms with Crippen LogP contribution in [0.4, 0.5) is 0 Å². The van der Waals surface area contributed by atoms with Gasteiger partial charge in [0.1, 0.15) is 11.5 Å². The molecule has 5 heteroatoms. The standard InChI is InChI=1S/C17H18N2O3/c1-3-22-16-10-6-14(7-11-16)17(21)19-18-12(2)13-4-8-15(20)9-5-13/h4-11,20H,3H2,1-2H3,(H,19,21)/b18-12+. The van der Waals surface area contributed by atoms with Gasteiger partial charge in [0.15, 0.2) is 0 Å². The first-order chi connectivity index (χ1) is 10.6. The molecule has 2 aromatic rings. The quantitative estimate of drug-likeness (QED) is 0.658. The van der Waals surface area contributed by atoms with Crippen LogP contribution in [0.3, 0.4) is 0 Å². The highest BCUT2D eigenvalue weighted by Gasteiger charge is 2.05. The molecule has 0 aliphatic heterocycles. The van der Waals surface area contributed by atoms with Crippen molar-refractivity contribution >= 4 is 11.6 Å². The highest BCUT2D eigenvalue weighted by atomic mass is 16.5. The van der Waals surface area contributed by atoms with E-state index in [-0.39, 0.29) is 11.7 Å². The molecule has 0 fully saturated rings. The van der Waals surface area contributed by atoms with Crippen molar-refractivity contribution in [2.24, 2.45) is 5.10 Å². The van der Waals surface area contributed by atoms with Crippen molar-refractivity contribution in [3.8, 4) is 11.5 Å². The number of nitrogens with one attached hydrogen (secondary N) is 1. The fourth-order valence-corrected chi connectivity index (χ4v) is 1.84. The average Bonchev–Trinajstić information content (AvgIpc) is 2.54. The fraction of sp³-hybridized carbons (Fsp3) is 0.176. The summed E-state index contributed by atoms with van der Waals surface area (Å²) in [6.07, 6.45) is 0. The summed E-state index contributed by atoms with van der Waals surface area (Å²) in [6, 6.07) is 13.5. The Labute approximate surface area is 129 Å². The lowest BCUT2D eigenvalue weighted by Crippen LogP contribution is -2.19. The van der Waals surface area contributed by atoms with E-state index in [1.54, 1.807) is 55.5 Å². The summed E-state index contributed by atoms with van der Waals surface area (Å²) in [5.41, 5.74) is 4.49. The zero-order valence-corrected chi connectivity index (χ0v) is 12.5. The van der Waals surface area contributed by atoms with Gasteiger partial charge < -0.3 is 9.84 Å². The minimum atomic E-state index is -0.291. The highest BCUT2D eigenvalue weighted by Crippen LogP contribution is 2.12. The number of phenolic OH excluding ortho intramolecular Hbond substituents is 1. The molecule has 0 atom stereocenters. The van der Waals surface area contributed by atoms with Crippen LogP contribution >= 0.6 is 0 Å². The topological polar surface area (TPSA) is 70.9 Å². The number of rotatable bonds is 5. The van der Waals surface area contributed by atoms with E-state index in [2.05, 4.69) is 10.5 Å². The van der Waals surface area contributed by atoms with Crippen LogP contribution in [0, 0.1) is 0 Å². The van der Waals surface area contributed by atoms with E-state index < -0.39 is 0 Å². The molecule has 0 spiro atoms. The molecule has 0 aliphatic carbocycles. The van der Waals surface area contributed by atoms with Gasteiger partial charge in [0.05, 0.1) is 12.3 Å². The van der Waals surface area contributed by atoms with Crippen LogP contribution in [0.1, 0.15) is 29.8 Å². The number of aromatic hydroxyl groups is 1. The normalized spacial score (nSPS) is 11.1. The predicted octanol–water partition coefficient (Wildman–Crippen LogP) is 2.94. The molecule has 0 radical (unpaired) electrons. The summed E-state index contributed by atoms with van der Waals surface area (Å²) in [4.78, 5) is 12.0. The molecular weight excluding hydrogens is 280 g/mol. The fourth-order valence-electron chi connectivity index (χ4n) is 1.84. The maximum absolute atomic E-state index is 12.0. The Morgan fingerprint density at radius 3 is 2.27 bits per heavy atom.